The zero-order valence-electron chi connectivity index (χ0n) is 6.39. The van der Waals surface area contributed by atoms with Crippen LogP contribution >= 0.6 is 11.6 Å². The number of rotatable bonds is 1. The smallest absolute Gasteiger partial charge is 0.128 e. The van der Waals surface area contributed by atoms with E-state index >= 15 is 0 Å². The molecule has 3 heteroatoms. The van der Waals surface area contributed by atoms with Gasteiger partial charge in [-0.3, -0.25) is 0 Å². The molecule has 1 aliphatic heterocycles. The topological polar surface area (TPSA) is 9.23 Å². The summed E-state index contributed by atoms with van der Waals surface area (Å²) in [4.78, 5) is -0.620. The molecule has 1 fully saturated rings. The standard InChI is InChI=1S/C9H8ClFO/c10-9(5-12-6-9)7-3-1-2-4-8(7)11/h1-4H,5-6H2. The highest BCUT2D eigenvalue weighted by molar-refractivity contribution is 6.24. The van der Waals surface area contributed by atoms with Gasteiger partial charge < -0.3 is 4.74 Å². The molecule has 1 aromatic rings. The first kappa shape index (κ1) is 8.02. The van der Waals surface area contributed by atoms with Gasteiger partial charge in [0.25, 0.3) is 0 Å². The van der Waals surface area contributed by atoms with Crippen molar-refractivity contribution in [2.75, 3.05) is 13.2 Å². The van der Waals surface area contributed by atoms with E-state index < -0.39 is 4.87 Å². The number of ether oxygens (including phenoxy) is 1. The number of hydrogen-bond acceptors (Lipinski definition) is 1. The lowest BCUT2D eigenvalue weighted by molar-refractivity contribution is -0.0167. The molecule has 1 nitrogen and oxygen atoms in total. The van der Waals surface area contributed by atoms with E-state index in [-0.39, 0.29) is 5.82 Å². The molecule has 0 unspecified atom stereocenters. The minimum absolute atomic E-state index is 0.254. The van der Waals surface area contributed by atoms with Crippen LogP contribution in [0, 0.1) is 5.82 Å². The van der Waals surface area contributed by atoms with Crippen LogP contribution in [0.3, 0.4) is 0 Å². The van der Waals surface area contributed by atoms with Crippen LogP contribution < -0.4 is 0 Å². The molecule has 0 aliphatic carbocycles. The molecule has 0 bridgehead atoms. The average molecular weight is 187 g/mol. The van der Waals surface area contributed by atoms with Gasteiger partial charge in [0.15, 0.2) is 0 Å². The fourth-order valence-electron chi connectivity index (χ4n) is 1.26. The lowest BCUT2D eigenvalue weighted by atomic mass is 9.96. The molecular weight excluding hydrogens is 179 g/mol. The Hall–Kier alpha value is -0.600. The third-order valence-corrected chi connectivity index (χ3v) is 2.44. The van der Waals surface area contributed by atoms with Gasteiger partial charge in [0.1, 0.15) is 10.7 Å². The molecule has 1 heterocycles. The number of benzene rings is 1. The van der Waals surface area contributed by atoms with Crippen molar-refractivity contribution in [1.82, 2.24) is 0 Å². The minimum atomic E-state index is -0.620. The Labute approximate surface area is 75.1 Å². The zero-order valence-corrected chi connectivity index (χ0v) is 7.14. The Kier molecular flexibility index (Phi) is 1.81. The molecule has 1 saturated heterocycles. The number of alkyl halides is 1. The molecule has 2 rings (SSSR count). The second-order valence-electron chi connectivity index (χ2n) is 2.94. The Morgan fingerprint density at radius 3 is 2.50 bits per heavy atom. The summed E-state index contributed by atoms with van der Waals surface area (Å²) >= 11 is 6.07. The quantitative estimate of drug-likeness (QED) is 0.612. The zero-order chi connectivity index (χ0) is 8.60. The van der Waals surface area contributed by atoms with E-state index in [9.17, 15) is 4.39 Å². The second kappa shape index (κ2) is 2.71. The normalized spacial score (nSPS) is 20.2. The van der Waals surface area contributed by atoms with Crippen LogP contribution in [-0.2, 0) is 9.61 Å². The van der Waals surface area contributed by atoms with Gasteiger partial charge in [0.05, 0.1) is 13.2 Å². The van der Waals surface area contributed by atoms with Gasteiger partial charge in [-0.05, 0) is 6.07 Å². The van der Waals surface area contributed by atoms with Crippen LogP contribution in [0.5, 0.6) is 0 Å². The van der Waals surface area contributed by atoms with Gasteiger partial charge in [-0.15, -0.1) is 11.6 Å². The van der Waals surface area contributed by atoms with Crippen LogP contribution in [-0.4, -0.2) is 13.2 Å². The Bertz CT molecular complexity index is 296. The third-order valence-electron chi connectivity index (χ3n) is 2.02. The molecule has 0 N–H and O–H groups in total. The predicted octanol–water partition coefficient (Wildman–Crippen LogP) is 2.29. The first-order valence-corrected chi connectivity index (χ1v) is 4.12. The summed E-state index contributed by atoms with van der Waals surface area (Å²) < 4.78 is 18.1. The SMILES string of the molecule is Fc1ccccc1C1(Cl)COC1. The van der Waals surface area contributed by atoms with Gasteiger partial charge in [0, 0.05) is 5.56 Å². The lowest BCUT2D eigenvalue weighted by Gasteiger charge is -2.35. The molecule has 12 heavy (non-hydrogen) atoms. The number of hydrogen-bond donors (Lipinski definition) is 0. The van der Waals surface area contributed by atoms with Gasteiger partial charge >= 0.3 is 0 Å². The van der Waals surface area contributed by atoms with E-state index in [1.807, 2.05) is 0 Å². The van der Waals surface area contributed by atoms with Crippen molar-refractivity contribution in [3.8, 4) is 0 Å². The highest BCUT2D eigenvalue weighted by Gasteiger charge is 2.39. The van der Waals surface area contributed by atoms with Crippen molar-refractivity contribution in [2.45, 2.75) is 4.87 Å². The van der Waals surface area contributed by atoms with Crippen molar-refractivity contribution in [1.29, 1.82) is 0 Å². The van der Waals surface area contributed by atoms with E-state index in [4.69, 9.17) is 16.3 Å². The van der Waals surface area contributed by atoms with Gasteiger partial charge in [-0.1, -0.05) is 18.2 Å². The summed E-state index contributed by atoms with van der Waals surface area (Å²) in [6.45, 7) is 0.797. The molecule has 64 valence electrons. The molecule has 1 aromatic carbocycles. The molecule has 0 amide bonds. The van der Waals surface area contributed by atoms with Crippen LogP contribution in [0.2, 0.25) is 0 Å². The van der Waals surface area contributed by atoms with Crippen LogP contribution in [0.4, 0.5) is 4.39 Å². The molecule has 1 aliphatic rings. The van der Waals surface area contributed by atoms with Gasteiger partial charge in [-0.25, -0.2) is 4.39 Å². The first-order chi connectivity index (χ1) is 5.72. The fourth-order valence-corrected chi connectivity index (χ4v) is 1.57. The Balaban J connectivity index is 2.39. The van der Waals surface area contributed by atoms with E-state index in [1.165, 1.54) is 6.07 Å². The summed E-state index contributed by atoms with van der Waals surface area (Å²) in [5.74, 6) is -0.254. The molecule has 0 spiro atoms. The molecule has 0 saturated carbocycles. The second-order valence-corrected chi connectivity index (χ2v) is 3.66. The van der Waals surface area contributed by atoms with Crippen LogP contribution in [0.1, 0.15) is 5.56 Å². The maximum atomic E-state index is 13.2. The fraction of sp³-hybridized carbons (Fsp3) is 0.333. The van der Waals surface area contributed by atoms with E-state index in [0.717, 1.165) is 0 Å². The first-order valence-electron chi connectivity index (χ1n) is 3.74. The summed E-state index contributed by atoms with van der Waals surface area (Å²) in [6, 6.07) is 6.54. The van der Waals surface area contributed by atoms with Crippen molar-refractivity contribution in [3.05, 3.63) is 35.6 Å². The van der Waals surface area contributed by atoms with Crippen molar-refractivity contribution < 1.29 is 9.13 Å². The van der Waals surface area contributed by atoms with Gasteiger partial charge in [0.2, 0.25) is 0 Å². The molecular formula is C9H8ClFO. The minimum Gasteiger partial charge on any atom is -0.377 e. The molecule has 0 radical (unpaired) electrons. The van der Waals surface area contributed by atoms with Crippen molar-refractivity contribution in [3.63, 3.8) is 0 Å². The Morgan fingerprint density at radius 1 is 1.33 bits per heavy atom. The van der Waals surface area contributed by atoms with Crippen molar-refractivity contribution >= 4 is 11.6 Å². The van der Waals surface area contributed by atoms with E-state index in [2.05, 4.69) is 0 Å². The highest BCUT2D eigenvalue weighted by Crippen LogP contribution is 2.37. The highest BCUT2D eigenvalue weighted by atomic mass is 35.5. The maximum absolute atomic E-state index is 13.2. The van der Waals surface area contributed by atoms with E-state index in [0.29, 0.717) is 18.8 Å². The van der Waals surface area contributed by atoms with Gasteiger partial charge in [-0.2, -0.15) is 0 Å². The summed E-state index contributed by atoms with van der Waals surface area (Å²) in [5, 5.41) is 0. The van der Waals surface area contributed by atoms with Crippen molar-refractivity contribution in [2.24, 2.45) is 0 Å². The Morgan fingerprint density at radius 2 is 2.00 bits per heavy atom. The lowest BCUT2D eigenvalue weighted by Crippen LogP contribution is -2.42. The third kappa shape index (κ3) is 1.11. The number of halogens is 2. The van der Waals surface area contributed by atoms with Crippen LogP contribution in [0.25, 0.3) is 0 Å². The summed E-state index contributed by atoms with van der Waals surface area (Å²) in [7, 11) is 0. The summed E-state index contributed by atoms with van der Waals surface area (Å²) in [6.07, 6.45) is 0. The molecule has 0 aromatic heterocycles. The average Bonchev–Trinajstić information content (AvgIpc) is 2.01. The van der Waals surface area contributed by atoms with E-state index in [1.54, 1.807) is 18.2 Å². The largest absolute Gasteiger partial charge is 0.377 e. The van der Waals surface area contributed by atoms with Crippen LogP contribution in [0.15, 0.2) is 24.3 Å². The summed E-state index contributed by atoms with van der Waals surface area (Å²) in [5.41, 5.74) is 0.540. The molecule has 0 atom stereocenters. The predicted molar refractivity (Wildman–Crippen MR) is 44.8 cm³/mol. The monoisotopic (exact) mass is 186 g/mol. The maximum Gasteiger partial charge on any atom is 0.128 e.